The van der Waals surface area contributed by atoms with Gasteiger partial charge >= 0.3 is 0 Å². The van der Waals surface area contributed by atoms with E-state index in [0.29, 0.717) is 6.54 Å². The van der Waals surface area contributed by atoms with Crippen LogP contribution >= 0.6 is 0 Å². The Morgan fingerprint density at radius 2 is 1.79 bits per heavy atom. The lowest BCUT2D eigenvalue weighted by molar-refractivity contribution is 0.0999. The van der Waals surface area contributed by atoms with E-state index < -0.39 is 0 Å². The van der Waals surface area contributed by atoms with Crippen LogP contribution in [-0.2, 0) is 6.42 Å². The normalized spacial score (nSPS) is 13.8. The van der Waals surface area contributed by atoms with Gasteiger partial charge in [0.2, 0.25) is 0 Å². The van der Waals surface area contributed by atoms with Gasteiger partial charge in [-0.1, -0.05) is 54.6 Å². The third-order valence-electron chi connectivity index (χ3n) is 4.96. The molecule has 2 nitrogen and oxygen atoms in total. The molecule has 24 heavy (non-hydrogen) atoms. The minimum absolute atomic E-state index is 0.209. The highest BCUT2D eigenvalue weighted by atomic mass is 16.1. The summed E-state index contributed by atoms with van der Waals surface area (Å²) in [6.45, 7) is 3.43. The quantitative estimate of drug-likeness (QED) is 0.648. The molecular weight excluding hydrogens is 294 g/mol. The van der Waals surface area contributed by atoms with E-state index in [1.807, 2.05) is 19.1 Å². The van der Waals surface area contributed by atoms with Gasteiger partial charge in [-0.25, -0.2) is 0 Å². The third-order valence-corrected chi connectivity index (χ3v) is 4.96. The minimum atomic E-state index is 0.209. The summed E-state index contributed by atoms with van der Waals surface area (Å²) in [7, 11) is 0. The van der Waals surface area contributed by atoms with Gasteiger partial charge in [0.05, 0.1) is 6.54 Å². The number of fused-ring (bicyclic) bond motifs is 2. The average Bonchev–Trinajstić information content (AvgIpc) is 2.62. The van der Waals surface area contributed by atoms with Crippen LogP contribution in [0.3, 0.4) is 0 Å². The number of carbonyl (C=O) groups is 1. The second-order valence-electron chi connectivity index (χ2n) is 6.56. The molecule has 0 spiro atoms. The predicted molar refractivity (Wildman–Crippen MR) is 100.0 cm³/mol. The highest BCUT2D eigenvalue weighted by Gasteiger charge is 2.21. The van der Waals surface area contributed by atoms with Crippen molar-refractivity contribution in [3.63, 3.8) is 0 Å². The summed E-state index contributed by atoms with van der Waals surface area (Å²) in [6, 6.07) is 20.8. The van der Waals surface area contributed by atoms with Gasteiger partial charge in [0.25, 0.3) is 0 Å². The fourth-order valence-electron chi connectivity index (χ4n) is 3.78. The maximum atomic E-state index is 13.1. The van der Waals surface area contributed by atoms with Crippen molar-refractivity contribution in [2.75, 3.05) is 18.0 Å². The van der Waals surface area contributed by atoms with Gasteiger partial charge in [-0.3, -0.25) is 4.79 Å². The number of para-hydroxylation sites is 1. The Morgan fingerprint density at radius 3 is 2.71 bits per heavy atom. The summed E-state index contributed by atoms with van der Waals surface area (Å²) in [5.41, 5.74) is 4.50. The number of hydrogen-bond donors (Lipinski definition) is 0. The van der Waals surface area contributed by atoms with E-state index >= 15 is 0 Å². The number of ketones is 1. The second kappa shape index (κ2) is 6.12. The molecule has 120 valence electrons. The van der Waals surface area contributed by atoms with Gasteiger partial charge in [-0.05, 0) is 47.7 Å². The number of benzene rings is 3. The first-order valence-corrected chi connectivity index (χ1v) is 8.58. The Bertz CT molecular complexity index is 913. The first-order valence-electron chi connectivity index (χ1n) is 8.58. The standard InChI is InChI=1S/C22H21NO/c1-16-12-13-17-7-2-4-10-19(17)22(16)21(24)15-23-14-6-9-18-8-3-5-11-20(18)23/h2-5,7-8,10-13H,6,9,14-15H2,1H3. The molecule has 1 aliphatic rings. The van der Waals surface area contributed by atoms with E-state index in [4.69, 9.17) is 0 Å². The van der Waals surface area contributed by atoms with Gasteiger partial charge in [0.1, 0.15) is 0 Å². The smallest absolute Gasteiger partial charge is 0.182 e. The Balaban J connectivity index is 1.70. The number of Topliss-reactive ketones (excluding diaryl/α,β-unsaturated/α-hetero) is 1. The van der Waals surface area contributed by atoms with Crippen molar-refractivity contribution < 1.29 is 4.79 Å². The van der Waals surface area contributed by atoms with Crippen LogP contribution in [0.15, 0.2) is 60.7 Å². The molecule has 0 aliphatic carbocycles. The Morgan fingerprint density at radius 1 is 1.00 bits per heavy atom. The van der Waals surface area contributed by atoms with Gasteiger partial charge in [0.15, 0.2) is 5.78 Å². The number of carbonyl (C=O) groups excluding carboxylic acids is 1. The maximum Gasteiger partial charge on any atom is 0.182 e. The van der Waals surface area contributed by atoms with Crippen LogP contribution in [0.5, 0.6) is 0 Å². The first kappa shape index (κ1) is 14.9. The second-order valence-corrected chi connectivity index (χ2v) is 6.56. The van der Waals surface area contributed by atoms with Crippen LogP contribution in [0, 0.1) is 6.92 Å². The zero-order valence-corrected chi connectivity index (χ0v) is 14.0. The lowest BCUT2D eigenvalue weighted by Crippen LogP contribution is -2.34. The molecule has 1 aliphatic heterocycles. The monoisotopic (exact) mass is 315 g/mol. The van der Waals surface area contributed by atoms with Crippen LogP contribution in [-0.4, -0.2) is 18.9 Å². The molecule has 0 N–H and O–H groups in total. The van der Waals surface area contributed by atoms with Crippen molar-refractivity contribution in [2.45, 2.75) is 19.8 Å². The van der Waals surface area contributed by atoms with Crippen molar-refractivity contribution >= 4 is 22.2 Å². The first-order chi connectivity index (χ1) is 11.7. The van der Waals surface area contributed by atoms with Crippen molar-refractivity contribution in [1.29, 1.82) is 0 Å². The van der Waals surface area contributed by atoms with E-state index in [9.17, 15) is 4.79 Å². The SMILES string of the molecule is Cc1ccc2ccccc2c1C(=O)CN1CCCc2ccccc21. The maximum absolute atomic E-state index is 13.1. The molecule has 0 atom stereocenters. The summed E-state index contributed by atoms with van der Waals surface area (Å²) < 4.78 is 0. The van der Waals surface area contributed by atoms with Crippen molar-refractivity contribution in [1.82, 2.24) is 0 Å². The minimum Gasteiger partial charge on any atom is -0.364 e. The van der Waals surface area contributed by atoms with E-state index in [1.54, 1.807) is 0 Å². The van der Waals surface area contributed by atoms with E-state index in [0.717, 1.165) is 41.3 Å². The largest absolute Gasteiger partial charge is 0.364 e. The zero-order valence-electron chi connectivity index (χ0n) is 14.0. The van der Waals surface area contributed by atoms with E-state index in [2.05, 4.69) is 53.4 Å². The average molecular weight is 315 g/mol. The molecule has 0 radical (unpaired) electrons. The molecular formula is C22H21NO. The third kappa shape index (κ3) is 2.58. The van der Waals surface area contributed by atoms with Gasteiger partial charge in [-0.15, -0.1) is 0 Å². The predicted octanol–water partition coefficient (Wildman–Crippen LogP) is 4.78. The number of hydrogen-bond acceptors (Lipinski definition) is 2. The van der Waals surface area contributed by atoms with E-state index in [1.165, 1.54) is 11.3 Å². The fraction of sp³-hybridized carbons (Fsp3) is 0.227. The van der Waals surface area contributed by atoms with Gasteiger partial charge in [0, 0.05) is 17.8 Å². The highest BCUT2D eigenvalue weighted by Crippen LogP contribution is 2.28. The number of rotatable bonds is 3. The molecule has 0 bridgehead atoms. The summed E-state index contributed by atoms with van der Waals surface area (Å²) in [4.78, 5) is 15.4. The lowest BCUT2D eigenvalue weighted by Gasteiger charge is -2.31. The fourth-order valence-corrected chi connectivity index (χ4v) is 3.78. The molecule has 0 unspecified atom stereocenters. The topological polar surface area (TPSA) is 20.3 Å². The molecule has 1 heterocycles. The van der Waals surface area contributed by atoms with Gasteiger partial charge < -0.3 is 4.90 Å². The summed E-state index contributed by atoms with van der Waals surface area (Å²) in [5, 5.41) is 2.19. The number of nitrogens with zero attached hydrogens (tertiary/aromatic N) is 1. The Labute approximate surface area is 142 Å². The molecule has 0 aromatic heterocycles. The summed E-state index contributed by atoms with van der Waals surface area (Å²) >= 11 is 0. The summed E-state index contributed by atoms with van der Waals surface area (Å²) in [6.07, 6.45) is 2.22. The lowest BCUT2D eigenvalue weighted by atomic mass is 9.95. The molecule has 0 fully saturated rings. The Kier molecular flexibility index (Phi) is 3.81. The molecule has 2 heteroatoms. The van der Waals surface area contributed by atoms with Gasteiger partial charge in [-0.2, -0.15) is 0 Å². The number of aryl methyl sites for hydroxylation is 2. The van der Waals surface area contributed by atoms with Crippen LogP contribution in [0.1, 0.15) is 27.9 Å². The van der Waals surface area contributed by atoms with Crippen molar-refractivity contribution in [2.24, 2.45) is 0 Å². The Hall–Kier alpha value is -2.61. The molecule has 4 rings (SSSR count). The summed E-state index contributed by atoms with van der Waals surface area (Å²) in [5.74, 6) is 0.209. The molecule has 3 aromatic rings. The molecule has 3 aromatic carbocycles. The number of anilines is 1. The zero-order chi connectivity index (χ0) is 16.5. The highest BCUT2D eigenvalue weighted by molar-refractivity contribution is 6.11. The van der Waals surface area contributed by atoms with Crippen LogP contribution in [0.2, 0.25) is 0 Å². The molecule has 0 saturated carbocycles. The van der Waals surface area contributed by atoms with Crippen molar-refractivity contribution in [3.8, 4) is 0 Å². The molecule has 0 amide bonds. The molecule has 0 saturated heterocycles. The van der Waals surface area contributed by atoms with Crippen LogP contribution in [0.25, 0.3) is 10.8 Å². The van der Waals surface area contributed by atoms with Crippen molar-refractivity contribution in [3.05, 3.63) is 77.4 Å². The van der Waals surface area contributed by atoms with Crippen LogP contribution < -0.4 is 4.90 Å². The van der Waals surface area contributed by atoms with Crippen LogP contribution in [0.4, 0.5) is 5.69 Å². The van der Waals surface area contributed by atoms with E-state index in [-0.39, 0.29) is 5.78 Å².